The van der Waals surface area contributed by atoms with E-state index in [9.17, 15) is 19.8 Å². The van der Waals surface area contributed by atoms with Crippen molar-refractivity contribution in [3.8, 4) is 5.75 Å². The van der Waals surface area contributed by atoms with E-state index in [4.69, 9.17) is 9.84 Å². The third kappa shape index (κ3) is 7.81. The van der Waals surface area contributed by atoms with E-state index in [1.165, 1.54) is 11.8 Å². The number of thioether (sulfide) groups is 1. The molecule has 1 aliphatic carbocycles. The molecule has 0 saturated heterocycles. The van der Waals surface area contributed by atoms with Crippen molar-refractivity contribution in [1.82, 2.24) is 0 Å². The largest absolute Gasteiger partial charge is 0.491 e. The van der Waals surface area contributed by atoms with Crippen molar-refractivity contribution in [3.63, 3.8) is 0 Å². The number of para-hydroxylation sites is 1. The van der Waals surface area contributed by atoms with E-state index < -0.39 is 18.2 Å². The first-order valence-corrected chi connectivity index (χ1v) is 10.9. The zero-order valence-electron chi connectivity index (χ0n) is 16.0. The fourth-order valence-corrected chi connectivity index (χ4v) is 4.83. The number of ketones is 1. The second-order valence-electron chi connectivity index (χ2n) is 7.27. The highest BCUT2D eigenvalue weighted by atomic mass is 32.2. The van der Waals surface area contributed by atoms with Crippen LogP contribution in [-0.2, 0) is 9.59 Å². The van der Waals surface area contributed by atoms with Crippen LogP contribution in [0.2, 0.25) is 0 Å². The third-order valence-electron chi connectivity index (χ3n) is 4.92. The molecule has 0 radical (unpaired) electrons. The van der Waals surface area contributed by atoms with Gasteiger partial charge in [-0.1, -0.05) is 37.5 Å². The Labute approximate surface area is 170 Å². The van der Waals surface area contributed by atoms with Crippen LogP contribution in [-0.4, -0.2) is 56.9 Å². The van der Waals surface area contributed by atoms with E-state index in [0.29, 0.717) is 24.3 Å². The van der Waals surface area contributed by atoms with Gasteiger partial charge in [-0.2, -0.15) is 11.8 Å². The van der Waals surface area contributed by atoms with Gasteiger partial charge in [-0.25, -0.2) is 0 Å². The monoisotopic (exact) mass is 410 g/mol. The molecule has 2 rings (SSSR count). The second-order valence-corrected chi connectivity index (χ2v) is 8.48. The van der Waals surface area contributed by atoms with Gasteiger partial charge in [0.1, 0.15) is 18.1 Å². The van der Waals surface area contributed by atoms with Crippen LogP contribution in [0.25, 0.3) is 0 Å². The Balaban J connectivity index is 1.70. The topological polar surface area (TPSA) is 104 Å². The molecule has 28 heavy (non-hydrogen) atoms. The molecule has 1 fully saturated rings. The van der Waals surface area contributed by atoms with E-state index in [-0.39, 0.29) is 36.4 Å². The lowest BCUT2D eigenvalue weighted by molar-refractivity contribution is -0.137. The fourth-order valence-electron chi connectivity index (χ4n) is 3.45. The maximum atomic E-state index is 12.2. The maximum Gasteiger partial charge on any atom is 0.303 e. The number of carboxylic acid groups (broad SMARTS) is 1. The number of aliphatic hydroxyl groups is 2. The van der Waals surface area contributed by atoms with Gasteiger partial charge in [0.05, 0.1) is 12.2 Å². The molecule has 0 heterocycles. The van der Waals surface area contributed by atoms with Gasteiger partial charge >= 0.3 is 5.97 Å². The highest BCUT2D eigenvalue weighted by molar-refractivity contribution is 8.00. The van der Waals surface area contributed by atoms with Crippen molar-refractivity contribution in [2.75, 3.05) is 12.4 Å². The van der Waals surface area contributed by atoms with Crippen LogP contribution in [0.4, 0.5) is 0 Å². The maximum absolute atomic E-state index is 12.2. The number of hydrogen-bond acceptors (Lipinski definition) is 6. The molecule has 4 atom stereocenters. The first kappa shape index (κ1) is 22.7. The van der Waals surface area contributed by atoms with Crippen LogP contribution in [0.1, 0.15) is 44.9 Å². The molecule has 156 valence electrons. The summed E-state index contributed by atoms with van der Waals surface area (Å²) >= 11 is 1.44. The summed E-state index contributed by atoms with van der Waals surface area (Å²) in [5, 5.41) is 28.8. The van der Waals surface area contributed by atoms with Gasteiger partial charge in [0.25, 0.3) is 0 Å². The molecule has 2 unspecified atom stereocenters. The van der Waals surface area contributed by atoms with Crippen molar-refractivity contribution in [2.45, 2.75) is 62.4 Å². The number of ether oxygens (including phenoxy) is 1. The molecule has 7 heteroatoms. The molecule has 0 aromatic heterocycles. The summed E-state index contributed by atoms with van der Waals surface area (Å²) in [6.45, 7) is 0.169. The Morgan fingerprint density at radius 3 is 2.61 bits per heavy atom. The predicted molar refractivity (Wildman–Crippen MR) is 109 cm³/mol. The van der Waals surface area contributed by atoms with Crippen LogP contribution in [0.3, 0.4) is 0 Å². The first-order valence-electron chi connectivity index (χ1n) is 9.87. The Hall–Kier alpha value is -1.57. The quantitative estimate of drug-likeness (QED) is 0.430. The first-order chi connectivity index (χ1) is 13.5. The Morgan fingerprint density at radius 1 is 1.18 bits per heavy atom. The fraction of sp³-hybridized carbons (Fsp3) is 0.619. The van der Waals surface area contributed by atoms with Gasteiger partial charge in [-0.15, -0.1) is 0 Å². The summed E-state index contributed by atoms with van der Waals surface area (Å²) in [6, 6.07) is 9.27. The van der Waals surface area contributed by atoms with Crippen molar-refractivity contribution >= 4 is 23.5 Å². The molecular formula is C21H30O6S. The average Bonchev–Trinajstić information content (AvgIpc) is 2.94. The molecular weight excluding hydrogens is 380 g/mol. The van der Waals surface area contributed by atoms with Crippen LogP contribution in [0.15, 0.2) is 30.3 Å². The summed E-state index contributed by atoms with van der Waals surface area (Å²) in [4.78, 5) is 22.7. The number of benzene rings is 1. The number of aliphatic carboxylic acids is 1. The molecule has 3 N–H and O–H groups in total. The summed E-state index contributed by atoms with van der Waals surface area (Å²) in [5.74, 6) is 0.216. The highest BCUT2D eigenvalue weighted by Gasteiger charge is 2.41. The van der Waals surface area contributed by atoms with E-state index in [2.05, 4.69) is 0 Å². The van der Waals surface area contributed by atoms with Crippen molar-refractivity contribution in [2.24, 2.45) is 5.92 Å². The minimum atomic E-state index is -0.777. The molecule has 0 spiro atoms. The smallest absolute Gasteiger partial charge is 0.303 e. The van der Waals surface area contributed by atoms with E-state index in [0.717, 1.165) is 19.3 Å². The molecule has 0 bridgehead atoms. The Kier molecular flexibility index (Phi) is 9.81. The van der Waals surface area contributed by atoms with Crippen LogP contribution in [0.5, 0.6) is 5.75 Å². The Morgan fingerprint density at radius 2 is 1.89 bits per heavy atom. The van der Waals surface area contributed by atoms with Crippen molar-refractivity contribution in [3.05, 3.63) is 30.3 Å². The number of unbranched alkanes of at least 4 members (excludes halogenated alkanes) is 3. The predicted octanol–water partition coefficient (Wildman–Crippen LogP) is 2.90. The van der Waals surface area contributed by atoms with Gasteiger partial charge in [0, 0.05) is 29.8 Å². The minimum Gasteiger partial charge on any atom is -0.491 e. The van der Waals surface area contributed by atoms with Crippen LogP contribution < -0.4 is 4.74 Å². The summed E-state index contributed by atoms with van der Waals surface area (Å²) in [6.07, 6.45) is 2.95. The molecule has 1 saturated carbocycles. The van der Waals surface area contributed by atoms with Gasteiger partial charge < -0.3 is 20.1 Å². The van der Waals surface area contributed by atoms with Crippen LogP contribution >= 0.6 is 11.8 Å². The molecule has 0 aliphatic heterocycles. The minimum absolute atomic E-state index is 0.0885. The van der Waals surface area contributed by atoms with Crippen molar-refractivity contribution < 1.29 is 29.6 Å². The standard InChI is InChI=1S/C21H30O6S/c22-15(13-27-16-8-4-3-5-9-16)14-28-21-17(18(23)12-19(21)24)10-6-1-2-7-11-20(25)26/h3-5,8-9,15,17,19,21-22,24H,1-2,6-7,10-14H2,(H,25,26)/t15?,17-,19?,21+/m0/s1. The lowest BCUT2D eigenvalue weighted by atomic mass is 9.98. The van der Waals surface area contributed by atoms with Gasteiger partial charge in [-0.3, -0.25) is 9.59 Å². The van der Waals surface area contributed by atoms with Gasteiger partial charge in [-0.05, 0) is 25.0 Å². The third-order valence-corrected chi connectivity index (χ3v) is 6.53. The number of carboxylic acids is 1. The zero-order chi connectivity index (χ0) is 20.4. The van der Waals surface area contributed by atoms with Crippen LogP contribution in [0, 0.1) is 5.92 Å². The lowest BCUT2D eigenvalue weighted by Gasteiger charge is -2.22. The second kappa shape index (κ2) is 12.1. The summed E-state index contributed by atoms with van der Waals surface area (Å²) < 4.78 is 5.54. The van der Waals surface area contributed by atoms with E-state index in [1.54, 1.807) is 0 Å². The normalized spacial score (nSPS) is 22.9. The van der Waals surface area contributed by atoms with Gasteiger partial charge in [0.2, 0.25) is 0 Å². The molecule has 6 nitrogen and oxygen atoms in total. The van der Waals surface area contributed by atoms with E-state index >= 15 is 0 Å². The Bertz CT molecular complexity index is 608. The SMILES string of the molecule is O=C(O)CCCCCC[C@H]1C(=O)CC(O)[C@@H]1SCC(O)COc1ccccc1. The van der Waals surface area contributed by atoms with Crippen molar-refractivity contribution in [1.29, 1.82) is 0 Å². The molecule has 1 aromatic carbocycles. The number of carbonyl (C=O) groups excluding carboxylic acids is 1. The number of aliphatic hydroxyl groups excluding tert-OH is 2. The summed E-state index contributed by atoms with van der Waals surface area (Å²) in [5.41, 5.74) is 0. The number of carbonyl (C=O) groups is 2. The number of hydrogen-bond donors (Lipinski definition) is 3. The average molecular weight is 411 g/mol. The molecule has 0 amide bonds. The number of rotatable bonds is 13. The van der Waals surface area contributed by atoms with E-state index in [1.807, 2.05) is 30.3 Å². The highest BCUT2D eigenvalue weighted by Crippen LogP contribution is 2.36. The van der Waals surface area contributed by atoms with Gasteiger partial charge in [0.15, 0.2) is 0 Å². The molecule has 1 aliphatic rings. The zero-order valence-corrected chi connectivity index (χ0v) is 16.9. The molecule has 1 aromatic rings. The lowest BCUT2D eigenvalue weighted by Crippen LogP contribution is -2.28. The number of Topliss-reactive ketones (excluding diaryl/α,β-unsaturated/α-hetero) is 1. The summed E-state index contributed by atoms with van der Waals surface area (Å²) in [7, 11) is 0.